The van der Waals surface area contributed by atoms with Crippen molar-refractivity contribution in [1.29, 1.82) is 0 Å². The van der Waals surface area contributed by atoms with Gasteiger partial charge in [-0.3, -0.25) is 4.79 Å². The lowest BCUT2D eigenvalue weighted by Crippen LogP contribution is -2.42. The number of amides is 1. The highest BCUT2D eigenvalue weighted by atomic mass is 16.5. The van der Waals surface area contributed by atoms with Gasteiger partial charge in [0.05, 0.1) is 18.6 Å². The van der Waals surface area contributed by atoms with Crippen LogP contribution in [0.2, 0.25) is 0 Å². The average Bonchev–Trinajstić information content (AvgIpc) is 2.36. The van der Waals surface area contributed by atoms with E-state index in [0.29, 0.717) is 6.42 Å². The molecule has 1 aliphatic rings. The number of aliphatic hydroxyl groups excluding tert-OH is 1. The first-order valence-corrected chi connectivity index (χ1v) is 7.54. The summed E-state index contributed by atoms with van der Waals surface area (Å²) >= 11 is 0. The SMILES string of the molecule is CC(C)C(O)CC(=O)NC1CC(C)(C)Oc2ccccc21. The molecular formula is C17H25NO3. The predicted octanol–water partition coefficient (Wildman–Crippen LogP) is 2.81. The molecule has 2 N–H and O–H groups in total. The predicted molar refractivity (Wildman–Crippen MR) is 82.1 cm³/mol. The van der Waals surface area contributed by atoms with E-state index in [2.05, 4.69) is 5.32 Å². The van der Waals surface area contributed by atoms with E-state index in [1.807, 2.05) is 52.0 Å². The monoisotopic (exact) mass is 291 g/mol. The number of aliphatic hydroxyl groups is 1. The zero-order valence-electron chi connectivity index (χ0n) is 13.2. The highest BCUT2D eigenvalue weighted by Crippen LogP contribution is 2.39. The van der Waals surface area contributed by atoms with Crippen molar-refractivity contribution >= 4 is 5.91 Å². The molecule has 2 unspecified atom stereocenters. The zero-order valence-corrected chi connectivity index (χ0v) is 13.2. The summed E-state index contributed by atoms with van der Waals surface area (Å²) in [6, 6.07) is 7.72. The van der Waals surface area contributed by atoms with Crippen LogP contribution in [0, 0.1) is 5.92 Å². The number of fused-ring (bicyclic) bond motifs is 1. The van der Waals surface area contributed by atoms with Crippen LogP contribution in [-0.4, -0.2) is 22.7 Å². The van der Waals surface area contributed by atoms with Crippen LogP contribution < -0.4 is 10.1 Å². The second-order valence-corrected chi connectivity index (χ2v) is 6.74. The minimum absolute atomic E-state index is 0.0724. The van der Waals surface area contributed by atoms with Crippen molar-refractivity contribution in [2.24, 2.45) is 5.92 Å². The van der Waals surface area contributed by atoms with Crippen LogP contribution in [0.3, 0.4) is 0 Å². The van der Waals surface area contributed by atoms with E-state index < -0.39 is 6.10 Å². The Morgan fingerprint density at radius 1 is 1.43 bits per heavy atom. The van der Waals surface area contributed by atoms with Gasteiger partial charge in [-0.15, -0.1) is 0 Å². The first-order valence-electron chi connectivity index (χ1n) is 7.54. The first-order chi connectivity index (χ1) is 9.78. The maximum absolute atomic E-state index is 12.1. The van der Waals surface area contributed by atoms with Gasteiger partial charge in [-0.25, -0.2) is 0 Å². The molecule has 0 radical (unpaired) electrons. The van der Waals surface area contributed by atoms with Crippen LogP contribution in [0.4, 0.5) is 0 Å². The molecule has 0 bridgehead atoms. The van der Waals surface area contributed by atoms with Gasteiger partial charge in [0.25, 0.3) is 0 Å². The molecule has 4 nitrogen and oxygen atoms in total. The minimum Gasteiger partial charge on any atom is -0.487 e. The second kappa shape index (κ2) is 6.06. The molecule has 1 heterocycles. The van der Waals surface area contributed by atoms with E-state index in [4.69, 9.17) is 4.74 Å². The van der Waals surface area contributed by atoms with Crippen LogP contribution in [0.25, 0.3) is 0 Å². The van der Waals surface area contributed by atoms with Crippen molar-refractivity contribution in [3.63, 3.8) is 0 Å². The fraction of sp³-hybridized carbons (Fsp3) is 0.588. The summed E-state index contributed by atoms with van der Waals surface area (Å²) in [6.07, 6.45) is 0.249. The molecule has 2 atom stereocenters. The highest BCUT2D eigenvalue weighted by molar-refractivity contribution is 5.77. The van der Waals surface area contributed by atoms with Crippen molar-refractivity contribution in [3.8, 4) is 5.75 Å². The Kier molecular flexibility index (Phi) is 4.57. The van der Waals surface area contributed by atoms with Gasteiger partial charge >= 0.3 is 0 Å². The van der Waals surface area contributed by atoms with E-state index in [1.54, 1.807) is 0 Å². The Hall–Kier alpha value is -1.55. The zero-order chi connectivity index (χ0) is 15.6. The molecule has 1 amide bonds. The third-order valence-corrected chi connectivity index (χ3v) is 3.88. The fourth-order valence-corrected chi connectivity index (χ4v) is 2.61. The lowest BCUT2D eigenvalue weighted by atomic mass is 9.89. The molecule has 0 aromatic heterocycles. The van der Waals surface area contributed by atoms with Gasteiger partial charge in [0.2, 0.25) is 5.91 Å². The van der Waals surface area contributed by atoms with Crippen molar-refractivity contribution < 1.29 is 14.6 Å². The van der Waals surface area contributed by atoms with Gasteiger partial charge < -0.3 is 15.2 Å². The maximum atomic E-state index is 12.1. The minimum atomic E-state index is -0.604. The van der Waals surface area contributed by atoms with Crippen LogP contribution in [0.1, 0.15) is 52.1 Å². The number of benzene rings is 1. The lowest BCUT2D eigenvalue weighted by molar-refractivity contribution is -0.124. The molecule has 0 spiro atoms. The molecule has 0 fully saturated rings. The van der Waals surface area contributed by atoms with E-state index in [1.165, 1.54) is 0 Å². The molecule has 1 aromatic carbocycles. The Balaban J connectivity index is 2.11. The van der Waals surface area contributed by atoms with Gasteiger partial charge in [0.1, 0.15) is 11.4 Å². The van der Waals surface area contributed by atoms with Crippen LogP contribution in [-0.2, 0) is 4.79 Å². The molecule has 4 heteroatoms. The Morgan fingerprint density at radius 2 is 2.10 bits per heavy atom. The first kappa shape index (κ1) is 15.8. The molecular weight excluding hydrogens is 266 g/mol. The molecule has 1 aromatic rings. The second-order valence-electron chi connectivity index (χ2n) is 6.74. The molecule has 21 heavy (non-hydrogen) atoms. The van der Waals surface area contributed by atoms with Gasteiger partial charge in [0, 0.05) is 12.0 Å². The molecule has 0 saturated carbocycles. The quantitative estimate of drug-likeness (QED) is 0.897. The van der Waals surface area contributed by atoms with E-state index in [0.717, 1.165) is 11.3 Å². The lowest BCUT2D eigenvalue weighted by Gasteiger charge is -2.38. The third kappa shape index (κ3) is 3.97. The number of rotatable bonds is 4. The van der Waals surface area contributed by atoms with Gasteiger partial charge in [-0.1, -0.05) is 32.0 Å². The Bertz CT molecular complexity index is 511. The highest BCUT2D eigenvalue weighted by Gasteiger charge is 2.34. The summed E-state index contributed by atoms with van der Waals surface area (Å²) in [5.74, 6) is 0.784. The smallest absolute Gasteiger partial charge is 0.223 e. The number of carbonyl (C=O) groups is 1. The largest absolute Gasteiger partial charge is 0.487 e. The molecule has 0 saturated heterocycles. The van der Waals surface area contributed by atoms with Crippen LogP contribution >= 0.6 is 0 Å². The van der Waals surface area contributed by atoms with Gasteiger partial charge in [0.15, 0.2) is 0 Å². The Labute approximate surface area is 126 Å². The van der Waals surface area contributed by atoms with Crippen LogP contribution in [0.5, 0.6) is 5.75 Å². The van der Waals surface area contributed by atoms with Crippen LogP contribution in [0.15, 0.2) is 24.3 Å². The standard InChI is InChI=1S/C17H25NO3/c1-11(2)14(19)9-16(20)18-13-10-17(3,4)21-15-8-6-5-7-12(13)15/h5-8,11,13-14,19H,9-10H2,1-4H3,(H,18,20). The van der Waals surface area contributed by atoms with Crippen molar-refractivity contribution in [3.05, 3.63) is 29.8 Å². The van der Waals surface area contributed by atoms with E-state index >= 15 is 0 Å². The van der Waals surface area contributed by atoms with E-state index in [-0.39, 0.29) is 29.9 Å². The molecule has 2 rings (SSSR count). The number of hydrogen-bond acceptors (Lipinski definition) is 3. The summed E-state index contributed by atoms with van der Waals surface area (Å²) in [4.78, 5) is 12.1. The summed E-state index contributed by atoms with van der Waals surface area (Å²) in [6.45, 7) is 7.85. The Morgan fingerprint density at radius 3 is 2.76 bits per heavy atom. The van der Waals surface area contributed by atoms with Gasteiger partial charge in [-0.2, -0.15) is 0 Å². The summed E-state index contributed by atoms with van der Waals surface area (Å²) in [5, 5.41) is 12.9. The summed E-state index contributed by atoms with van der Waals surface area (Å²) in [7, 11) is 0. The average molecular weight is 291 g/mol. The van der Waals surface area contributed by atoms with Crippen molar-refractivity contribution in [2.45, 2.75) is 58.3 Å². The topological polar surface area (TPSA) is 58.6 Å². The fourth-order valence-electron chi connectivity index (χ4n) is 2.61. The molecule has 1 aliphatic heterocycles. The molecule has 116 valence electrons. The van der Waals surface area contributed by atoms with Crippen molar-refractivity contribution in [2.75, 3.05) is 0 Å². The van der Waals surface area contributed by atoms with Gasteiger partial charge in [-0.05, 0) is 25.8 Å². The normalized spacial score (nSPS) is 21.3. The molecule has 0 aliphatic carbocycles. The third-order valence-electron chi connectivity index (χ3n) is 3.88. The number of carbonyl (C=O) groups excluding carboxylic acids is 1. The summed E-state index contributed by atoms with van der Waals surface area (Å²) in [5.41, 5.74) is 0.687. The van der Waals surface area contributed by atoms with E-state index in [9.17, 15) is 9.90 Å². The number of nitrogens with one attached hydrogen (secondary N) is 1. The number of ether oxygens (including phenoxy) is 1. The maximum Gasteiger partial charge on any atom is 0.223 e. The summed E-state index contributed by atoms with van der Waals surface area (Å²) < 4.78 is 5.95. The number of hydrogen-bond donors (Lipinski definition) is 2. The van der Waals surface area contributed by atoms with Crippen molar-refractivity contribution in [1.82, 2.24) is 5.32 Å². The number of para-hydroxylation sites is 1.